The number of hydrogen-bond donors (Lipinski definition) is 3. The second kappa shape index (κ2) is 7.26. The smallest absolute Gasteiger partial charge is 0.326 e. The van der Waals surface area contributed by atoms with Crippen molar-refractivity contribution in [1.29, 1.82) is 0 Å². The number of aliphatic carboxylic acids is 1. The van der Waals surface area contributed by atoms with E-state index in [1.54, 1.807) is 18.3 Å². The highest BCUT2D eigenvalue weighted by atomic mass is 16.4. The second-order valence-electron chi connectivity index (χ2n) is 3.83. The largest absolute Gasteiger partial charge is 0.480 e. The van der Waals surface area contributed by atoms with Crippen LogP contribution in [0.4, 0.5) is 4.79 Å². The molecular weight excluding hydrogens is 234 g/mol. The van der Waals surface area contributed by atoms with E-state index in [2.05, 4.69) is 15.6 Å². The predicted octanol–water partition coefficient (Wildman–Crippen LogP) is 1.13. The molecule has 1 aromatic rings. The Balaban J connectivity index is 2.39. The summed E-state index contributed by atoms with van der Waals surface area (Å²) in [5.41, 5.74) is 0.718. The van der Waals surface area contributed by atoms with Gasteiger partial charge in [0.25, 0.3) is 0 Å². The summed E-state index contributed by atoms with van der Waals surface area (Å²) in [6.07, 6.45) is 2.73. The van der Waals surface area contributed by atoms with Crippen molar-refractivity contribution in [2.75, 3.05) is 0 Å². The Morgan fingerprint density at radius 1 is 1.44 bits per heavy atom. The van der Waals surface area contributed by atoms with Gasteiger partial charge in [-0.25, -0.2) is 9.59 Å². The first-order valence-electron chi connectivity index (χ1n) is 5.80. The van der Waals surface area contributed by atoms with Crippen LogP contribution in [-0.4, -0.2) is 28.1 Å². The molecule has 0 aliphatic rings. The normalized spacial score (nSPS) is 11.6. The Bertz CT molecular complexity index is 395. The van der Waals surface area contributed by atoms with Crippen LogP contribution in [-0.2, 0) is 11.3 Å². The molecule has 18 heavy (non-hydrogen) atoms. The molecule has 0 aromatic carbocycles. The van der Waals surface area contributed by atoms with Crippen molar-refractivity contribution in [2.24, 2.45) is 0 Å². The van der Waals surface area contributed by atoms with Gasteiger partial charge in [-0.15, -0.1) is 0 Å². The summed E-state index contributed by atoms with van der Waals surface area (Å²) in [6.45, 7) is 2.13. The Morgan fingerprint density at radius 3 is 2.78 bits per heavy atom. The van der Waals surface area contributed by atoms with E-state index in [-0.39, 0.29) is 6.54 Å². The van der Waals surface area contributed by atoms with Gasteiger partial charge in [-0.05, 0) is 18.6 Å². The molecule has 0 unspecified atom stereocenters. The Kier molecular flexibility index (Phi) is 5.63. The molecule has 1 aromatic heterocycles. The van der Waals surface area contributed by atoms with Gasteiger partial charge in [0, 0.05) is 6.20 Å². The summed E-state index contributed by atoms with van der Waals surface area (Å²) in [4.78, 5) is 26.4. The van der Waals surface area contributed by atoms with Gasteiger partial charge in [-0.1, -0.05) is 19.4 Å². The fraction of sp³-hybridized carbons (Fsp3) is 0.417. The first-order chi connectivity index (χ1) is 8.63. The molecule has 2 amide bonds. The van der Waals surface area contributed by atoms with Gasteiger partial charge in [-0.2, -0.15) is 0 Å². The molecule has 3 N–H and O–H groups in total. The van der Waals surface area contributed by atoms with Gasteiger partial charge < -0.3 is 15.7 Å². The zero-order chi connectivity index (χ0) is 13.4. The van der Waals surface area contributed by atoms with E-state index in [0.717, 1.165) is 5.69 Å². The molecule has 0 bridgehead atoms. The third-order valence-electron chi connectivity index (χ3n) is 2.34. The first kappa shape index (κ1) is 14.0. The summed E-state index contributed by atoms with van der Waals surface area (Å²) in [6, 6.07) is 4.03. The molecule has 1 rings (SSSR count). The molecule has 0 aliphatic carbocycles. The topological polar surface area (TPSA) is 91.3 Å². The average molecular weight is 251 g/mol. The van der Waals surface area contributed by atoms with Gasteiger partial charge in [0.05, 0.1) is 12.2 Å². The van der Waals surface area contributed by atoms with E-state index in [9.17, 15) is 9.59 Å². The summed E-state index contributed by atoms with van der Waals surface area (Å²) >= 11 is 0. The summed E-state index contributed by atoms with van der Waals surface area (Å²) in [7, 11) is 0. The molecular formula is C12H17N3O3. The minimum atomic E-state index is -1.02. The lowest BCUT2D eigenvalue weighted by Gasteiger charge is -2.14. The lowest BCUT2D eigenvalue weighted by molar-refractivity contribution is -0.139. The number of carboxylic acids is 1. The molecule has 98 valence electrons. The molecule has 0 fully saturated rings. The van der Waals surface area contributed by atoms with Crippen molar-refractivity contribution >= 4 is 12.0 Å². The number of carboxylic acid groups (broad SMARTS) is 1. The number of carbonyl (C=O) groups excluding carboxylic acids is 1. The lowest BCUT2D eigenvalue weighted by atomic mass is 10.2. The van der Waals surface area contributed by atoms with Gasteiger partial charge >= 0.3 is 12.0 Å². The minimum absolute atomic E-state index is 0.269. The van der Waals surface area contributed by atoms with Crippen molar-refractivity contribution in [2.45, 2.75) is 32.4 Å². The minimum Gasteiger partial charge on any atom is -0.480 e. The van der Waals surface area contributed by atoms with E-state index in [1.165, 1.54) is 0 Å². The Labute approximate surface area is 105 Å². The first-order valence-corrected chi connectivity index (χ1v) is 5.80. The molecule has 0 radical (unpaired) electrons. The zero-order valence-electron chi connectivity index (χ0n) is 10.2. The molecule has 6 nitrogen and oxygen atoms in total. The standard InChI is InChI=1S/C12H17N3O3/c1-2-5-10(11(16)17)15-12(18)14-8-9-6-3-4-7-13-9/h3-4,6-7,10H,2,5,8H2,1H3,(H,16,17)(H2,14,15,18)/t10-/m1/s1. The van der Waals surface area contributed by atoms with E-state index in [1.807, 2.05) is 13.0 Å². The van der Waals surface area contributed by atoms with Crippen LogP contribution in [0, 0.1) is 0 Å². The van der Waals surface area contributed by atoms with Crippen molar-refractivity contribution in [1.82, 2.24) is 15.6 Å². The van der Waals surface area contributed by atoms with E-state index >= 15 is 0 Å². The van der Waals surface area contributed by atoms with E-state index < -0.39 is 18.0 Å². The van der Waals surface area contributed by atoms with Gasteiger partial charge in [0.1, 0.15) is 6.04 Å². The highest BCUT2D eigenvalue weighted by Gasteiger charge is 2.18. The van der Waals surface area contributed by atoms with Crippen LogP contribution in [0.5, 0.6) is 0 Å². The number of nitrogens with zero attached hydrogens (tertiary/aromatic N) is 1. The zero-order valence-corrected chi connectivity index (χ0v) is 10.2. The SMILES string of the molecule is CCC[C@@H](NC(=O)NCc1ccccn1)C(=O)O. The molecule has 0 aliphatic heterocycles. The Hall–Kier alpha value is -2.11. The number of pyridine rings is 1. The molecule has 0 saturated heterocycles. The number of rotatable bonds is 6. The maximum atomic E-state index is 11.5. The van der Waals surface area contributed by atoms with Gasteiger partial charge in [0.2, 0.25) is 0 Å². The van der Waals surface area contributed by atoms with Crippen LogP contribution in [0.1, 0.15) is 25.5 Å². The van der Waals surface area contributed by atoms with Crippen molar-refractivity contribution < 1.29 is 14.7 Å². The average Bonchev–Trinajstić information content (AvgIpc) is 2.37. The summed E-state index contributed by atoms with van der Waals surface area (Å²) in [5, 5.41) is 13.9. The second-order valence-corrected chi connectivity index (χ2v) is 3.83. The number of aromatic nitrogens is 1. The maximum absolute atomic E-state index is 11.5. The van der Waals surface area contributed by atoms with E-state index in [0.29, 0.717) is 12.8 Å². The van der Waals surface area contributed by atoms with E-state index in [4.69, 9.17) is 5.11 Å². The third kappa shape index (κ3) is 4.82. The monoisotopic (exact) mass is 251 g/mol. The molecule has 1 heterocycles. The number of nitrogens with one attached hydrogen (secondary N) is 2. The quantitative estimate of drug-likeness (QED) is 0.707. The van der Waals surface area contributed by atoms with Crippen molar-refractivity contribution in [3.8, 4) is 0 Å². The van der Waals surface area contributed by atoms with Crippen LogP contribution in [0.15, 0.2) is 24.4 Å². The summed E-state index contributed by atoms with van der Waals surface area (Å²) < 4.78 is 0. The third-order valence-corrected chi connectivity index (χ3v) is 2.34. The molecule has 0 spiro atoms. The van der Waals surface area contributed by atoms with Crippen LogP contribution in [0.25, 0.3) is 0 Å². The number of amides is 2. The van der Waals surface area contributed by atoms with Crippen molar-refractivity contribution in [3.05, 3.63) is 30.1 Å². The number of hydrogen-bond acceptors (Lipinski definition) is 3. The lowest BCUT2D eigenvalue weighted by Crippen LogP contribution is -2.45. The van der Waals surface area contributed by atoms with Crippen LogP contribution >= 0.6 is 0 Å². The predicted molar refractivity (Wildman–Crippen MR) is 65.9 cm³/mol. The number of urea groups is 1. The molecule has 1 atom stereocenters. The van der Waals surface area contributed by atoms with Crippen LogP contribution < -0.4 is 10.6 Å². The highest BCUT2D eigenvalue weighted by Crippen LogP contribution is 1.97. The molecule has 0 saturated carbocycles. The van der Waals surface area contributed by atoms with Gasteiger partial charge in [0.15, 0.2) is 0 Å². The fourth-order valence-corrected chi connectivity index (χ4v) is 1.43. The number of carbonyl (C=O) groups is 2. The Morgan fingerprint density at radius 2 is 2.22 bits per heavy atom. The highest BCUT2D eigenvalue weighted by molar-refractivity contribution is 5.82. The van der Waals surface area contributed by atoms with Crippen LogP contribution in [0.3, 0.4) is 0 Å². The van der Waals surface area contributed by atoms with Gasteiger partial charge in [-0.3, -0.25) is 4.98 Å². The summed E-state index contributed by atoms with van der Waals surface area (Å²) in [5.74, 6) is -1.02. The van der Waals surface area contributed by atoms with Crippen LogP contribution in [0.2, 0.25) is 0 Å². The van der Waals surface area contributed by atoms with Crippen molar-refractivity contribution in [3.63, 3.8) is 0 Å². The maximum Gasteiger partial charge on any atom is 0.326 e. The molecule has 6 heteroatoms. The fourth-order valence-electron chi connectivity index (χ4n) is 1.43.